The van der Waals surface area contributed by atoms with Crippen molar-refractivity contribution in [3.8, 4) is 0 Å². The van der Waals surface area contributed by atoms with E-state index in [2.05, 4.69) is 17.2 Å². The summed E-state index contributed by atoms with van der Waals surface area (Å²) in [4.78, 5) is 11.2. The average molecular weight is 208 g/mol. The van der Waals surface area contributed by atoms with Crippen LogP contribution in [-0.2, 0) is 6.42 Å². The van der Waals surface area contributed by atoms with Crippen LogP contribution in [0.25, 0.3) is 0 Å². The topological polar surface area (TPSA) is 54.3 Å². The molecule has 1 aromatic heterocycles. The Hall–Kier alpha value is -1.71. The lowest BCUT2D eigenvalue weighted by atomic mass is 10.1. The first-order chi connectivity index (χ1) is 7.22. The molecular weight excluding hydrogens is 192 g/mol. The lowest BCUT2D eigenvalue weighted by molar-refractivity contribution is 0.238. The fourth-order valence-corrected chi connectivity index (χ4v) is 1.25. The van der Waals surface area contributed by atoms with Gasteiger partial charge in [-0.25, -0.2) is 4.79 Å². The largest absolute Gasteiger partial charge is 0.472 e. The van der Waals surface area contributed by atoms with Gasteiger partial charge in [-0.2, -0.15) is 0 Å². The van der Waals surface area contributed by atoms with Crippen LogP contribution in [0, 0.1) is 0 Å². The lowest BCUT2D eigenvalue weighted by Crippen LogP contribution is -2.41. The molecule has 1 atom stereocenters. The first-order valence-corrected chi connectivity index (χ1v) is 4.88. The third-order valence-electron chi connectivity index (χ3n) is 1.91. The smallest absolute Gasteiger partial charge is 0.315 e. The second-order valence-electron chi connectivity index (χ2n) is 3.38. The van der Waals surface area contributed by atoms with Gasteiger partial charge in [0.1, 0.15) is 0 Å². The normalized spacial score (nSPS) is 11.8. The Morgan fingerprint density at radius 1 is 1.73 bits per heavy atom. The van der Waals surface area contributed by atoms with E-state index in [1.54, 1.807) is 18.6 Å². The van der Waals surface area contributed by atoms with E-state index in [4.69, 9.17) is 4.42 Å². The minimum atomic E-state index is -0.175. The van der Waals surface area contributed by atoms with E-state index in [1.807, 2.05) is 13.0 Å². The summed E-state index contributed by atoms with van der Waals surface area (Å²) in [6.45, 7) is 5.94. The molecule has 0 aliphatic carbocycles. The van der Waals surface area contributed by atoms with Crippen molar-refractivity contribution in [1.82, 2.24) is 10.6 Å². The SMILES string of the molecule is C=CCNC(=O)NC(C)Cc1ccoc1. The van der Waals surface area contributed by atoms with Crippen LogP contribution in [0.1, 0.15) is 12.5 Å². The summed E-state index contributed by atoms with van der Waals surface area (Å²) in [7, 11) is 0. The van der Waals surface area contributed by atoms with Crippen molar-refractivity contribution in [2.24, 2.45) is 0 Å². The Kier molecular flexibility index (Phi) is 4.47. The number of amides is 2. The quantitative estimate of drug-likeness (QED) is 0.723. The maximum absolute atomic E-state index is 11.2. The van der Waals surface area contributed by atoms with Gasteiger partial charge in [0.05, 0.1) is 12.5 Å². The molecule has 0 saturated heterocycles. The number of hydrogen-bond acceptors (Lipinski definition) is 2. The highest BCUT2D eigenvalue weighted by Gasteiger charge is 2.07. The van der Waals surface area contributed by atoms with Crippen LogP contribution in [-0.4, -0.2) is 18.6 Å². The third kappa shape index (κ3) is 4.35. The number of urea groups is 1. The second-order valence-corrected chi connectivity index (χ2v) is 3.38. The van der Waals surface area contributed by atoms with Crippen LogP contribution in [0.4, 0.5) is 4.79 Å². The molecule has 0 aliphatic heterocycles. The van der Waals surface area contributed by atoms with E-state index in [1.165, 1.54) is 0 Å². The maximum atomic E-state index is 11.2. The number of hydrogen-bond donors (Lipinski definition) is 2. The van der Waals surface area contributed by atoms with Crippen molar-refractivity contribution in [2.45, 2.75) is 19.4 Å². The minimum Gasteiger partial charge on any atom is -0.472 e. The summed E-state index contributed by atoms with van der Waals surface area (Å²) in [6.07, 6.45) is 5.71. The molecule has 82 valence electrons. The van der Waals surface area contributed by atoms with Gasteiger partial charge in [-0.1, -0.05) is 6.08 Å². The highest BCUT2D eigenvalue weighted by molar-refractivity contribution is 5.74. The van der Waals surface area contributed by atoms with Gasteiger partial charge in [-0.15, -0.1) is 6.58 Å². The van der Waals surface area contributed by atoms with E-state index in [-0.39, 0.29) is 12.1 Å². The third-order valence-corrected chi connectivity index (χ3v) is 1.91. The average Bonchev–Trinajstić information content (AvgIpc) is 2.67. The molecule has 1 rings (SSSR count). The predicted octanol–water partition coefficient (Wildman–Crippen LogP) is 1.70. The van der Waals surface area contributed by atoms with Crippen LogP contribution in [0.15, 0.2) is 35.7 Å². The van der Waals surface area contributed by atoms with Crippen LogP contribution in [0.2, 0.25) is 0 Å². The Labute approximate surface area is 89.4 Å². The van der Waals surface area contributed by atoms with Gasteiger partial charge in [0.25, 0.3) is 0 Å². The number of carbonyl (C=O) groups excluding carboxylic acids is 1. The molecule has 0 bridgehead atoms. The van der Waals surface area contributed by atoms with Crippen molar-refractivity contribution < 1.29 is 9.21 Å². The molecule has 4 nitrogen and oxygen atoms in total. The zero-order valence-electron chi connectivity index (χ0n) is 8.82. The molecule has 0 aromatic carbocycles. The van der Waals surface area contributed by atoms with Crippen molar-refractivity contribution >= 4 is 6.03 Å². The fraction of sp³-hybridized carbons (Fsp3) is 0.364. The summed E-state index contributed by atoms with van der Waals surface area (Å²) in [5.41, 5.74) is 1.08. The standard InChI is InChI=1S/C11H16N2O2/c1-3-5-12-11(14)13-9(2)7-10-4-6-15-8-10/h3-4,6,8-9H,1,5,7H2,2H3,(H2,12,13,14). The minimum absolute atomic E-state index is 0.0763. The fourth-order valence-electron chi connectivity index (χ4n) is 1.25. The summed E-state index contributed by atoms with van der Waals surface area (Å²) >= 11 is 0. The van der Waals surface area contributed by atoms with Gasteiger partial charge in [-0.05, 0) is 25.0 Å². The van der Waals surface area contributed by atoms with Gasteiger partial charge in [0, 0.05) is 12.6 Å². The summed E-state index contributed by atoms with van der Waals surface area (Å²) < 4.78 is 4.94. The van der Waals surface area contributed by atoms with Gasteiger partial charge in [0.2, 0.25) is 0 Å². The molecule has 0 radical (unpaired) electrons. The monoisotopic (exact) mass is 208 g/mol. The maximum Gasteiger partial charge on any atom is 0.315 e. The summed E-state index contributed by atoms with van der Waals surface area (Å²) in [5, 5.41) is 5.46. The van der Waals surface area contributed by atoms with Gasteiger partial charge in [0.15, 0.2) is 0 Å². The van der Waals surface area contributed by atoms with Crippen LogP contribution >= 0.6 is 0 Å². The first kappa shape index (κ1) is 11.4. The number of nitrogens with one attached hydrogen (secondary N) is 2. The molecule has 2 amide bonds. The van der Waals surface area contributed by atoms with Gasteiger partial charge in [-0.3, -0.25) is 0 Å². The number of rotatable bonds is 5. The summed E-state index contributed by atoms with van der Waals surface area (Å²) in [6, 6.07) is 1.79. The molecule has 4 heteroatoms. The molecule has 1 unspecified atom stereocenters. The van der Waals surface area contributed by atoms with Crippen LogP contribution in [0.5, 0.6) is 0 Å². The number of furan rings is 1. The molecule has 0 aliphatic rings. The highest BCUT2D eigenvalue weighted by Crippen LogP contribution is 2.03. The van der Waals surface area contributed by atoms with E-state index < -0.39 is 0 Å². The molecule has 0 fully saturated rings. The molecule has 0 saturated carbocycles. The first-order valence-electron chi connectivity index (χ1n) is 4.88. The van der Waals surface area contributed by atoms with E-state index in [0.717, 1.165) is 12.0 Å². The van der Waals surface area contributed by atoms with Crippen molar-refractivity contribution in [1.29, 1.82) is 0 Å². The Morgan fingerprint density at radius 2 is 2.53 bits per heavy atom. The molecule has 0 spiro atoms. The molecule has 1 aromatic rings. The van der Waals surface area contributed by atoms with E-state index in [9.17, 15) is 4.79 Å². The van der Waals surface area contributed by atoms with Crippen molar-refractivity contribution in [2.75, 3.05) is 6.54 Å². The zero-order valence-corrected chi connectivity index (χ0v) is 8.82. The van der Waals surface area contributed by atoms with Crippen molar-refractivity contribution in [3.05, 3.63) is 36.8 Å². The Balaban J connectivity index is 2.26. The Bertz CT molecular complexity index is 306. The second kappa shape index (κ2) is 5.90. The highest BCUT2D eigenvalue weighted by atomic mass is 16.3. The zero-order chi connectivity index (χ0) is 11.1. The van der Waals surface area contributed by atoms with Crippen LogP contribution in [0.3, 0.4) is 0 Å². The van der Waals surface area contributed by atoms with E-state index >= 15 is 0 Å². The van der Waals surface area contributed by atoms with Gasteiger partial charge < -0.3 is 15.1 Å². The molecular formula is C11H16N2O2. The molecule has 15 heavy (non-hydrogen) atoms. The lowest BCUT2D eigenvalue weighted by Gasteiger charge is -2.12. The number of carbonyl (C=O) groups is 1. The molecule has 1 heterocycles. The van der Waals surface area contributed by atoms with E-state index in [0.29, 0.717) is 6.54 Å². The molecule has 2 N–H and O–H groups in total. The summed E-state index contributed by atoms with van der Waals surface area (Å²) in [5.74, 6) is 0. The van der Waals surface area contributed by atoms with Gasteiger partial charge >= 0.3 is 6.03 Å². The van der Waals surface area contributed by atoms with Crippen LogP contribution < -0.4 is 10.6 Å². The van der Waals surface area contributed by atoms with Crippen molar-refractivity contribution in [3.63, 3.8) is 0 Å². The predicted molar refractivity (Wildman–Crippen MR) is 58.6 cm³/mol. The Morgan fingerprint density at radius 3 is 3.13 bits per heavy atom.